The third-order valence-corrected chi connectivity index (χ3v) is 3.40. The van der Waals surface area contributed by atoms with Gasteiger partial charge in [-0.05, 0) is 33.6 Å². The quantitative estimate of drug-likeness (QED) is 0.893. The fourth-order valence-electron chi connectivity index (χ4n) is 2.45. The Labute approximate surface area is 108 Å². The SMILES string of the molecule is COc1cnn(C(C)C)c1C(O)C1CCC(C)O1. The molecule has 1 aliphatic heterocycles. The standard InChI is InChI=1S/C13H22N2O3/c1-8(2)15-12(11(17-4)7-14-15)13(16)10-6-5-9(3)18-10/h7-10,13,16H,5-6H2,1-4H3. The Morgan fingerprint density at radius 1 is 1.50 bits per heavy atom. The summed E-state index contributed by atoms with van der Waals surface area (Å²) in [6, 6.07) is 0.178. The number of nitrogens with zero attached hydrogens (tertiary/aromatic N) is 2. The van der Waals surface area contributed by atoms with Crippen LogP contribution in [0.4, 0.5) is 0 Å². The van der Waals surface area contributed by atoms with E-state index >= 15 is 0 Å². The number of methoxy groups -OCH3 is 1. The number of aromatic nitrogens is 2. The van der Waals surface area contributed by atoms with Crippen molar-refractivity contribution in [1.29, 1.82) is 0 Å². The highest BCUT2D eigenvalue weighted by Gasteiger charge is 2.33. The Morgan fingerprint density at radius 3 is 2.72 bits per heavy atom. The predicted octanol–water partition coefficient (Wildman–Crippen LogP) is 2.07. The smallest absolute Gasteiger partial charge is 0.162 e. The van der Waals surface area contributed by atoms with Crippen molar-refractivity contribution >= 4 is 0 Å². The lowest BCUT2D eigenvalue weighted by Gasteiger charge is -2.22. The fourth-order valence-corrected chi connectivity index (χ4v) is 2.45. The normalized spacial score (nSPS) is 25.7. The topological polar surface area (TPSA) is 56.5 Å². The third-order valence-electron chi connectivity index (χ3n) is 3.40. The van der Waals surface area contributed by atoms with Gasteiger partial charge in [0.15, 0.2) is 5.75 Å². The van der Waals surface area contributed by atoms with Crippen molar-refractivity contribution in [1.82, 2.24) is 9.78 Å². The highest BCUT2D eigenvalue weighted by Crippen LogP contribution is 2.35. The minimum Gasteiger partial charge on any atom is -0.493 e. The van der Waals surface area contributed by atoms with E-state index in [-0.39, 0.29) is 18.2 Å². The van der Waals surface area contributed by atoms with Gasteiger partial charge in [-0.1, -0.05) is 0 Å². The van der Waals surface area contributed by atoms with Crippen LogP contribution in [0.1, 0.15) is 51.5 Å². The van der Waals surface area contributed by atoms with Crippen molar-refractivity contribution in [2.45, 2.75) is 58.0 Å². The number of aliphatic hydroxyl groups excluding tert-OH is 1. The molecule has 1 aliphatic rings. The third kappa shape index (κ3) is 2.37. The predicted molar refractivity (Wildman–Crippen MR) is 67.7 cm³/mol. The molecule has 1 saturated heterocycles. The second kappa shape index (κ2) is 5.28. The zero-order valence-electron chi connectivity index (χ0n) is 11.5. The van der Waals surface area contributed by atoms with E-state index in [1.165, 1.54) is 0 Å². The summed E-state index contributed by atoms with van der Waals surface area (Å²) in [6.45, 7) is 6.09. The number of ether oxygens (including phenoxy) is 2. The monoisotopic (exact) mass is 254 g/mol. The van der Waals surface area contributed by atoms with Gasteiger partial charge in [-0.2, -0.15) is 5.10 Å². The van der Waals surface area contributed by atoms with E-state index in [1.54, 1.807) is 18.0 Å². The zero-order chi connectivity index (χ0) is 13.3. The van der Waals surface area contributed by atoms with Crippen LogP contribution in [0.5, 0.6) is 5.75 Å². The first kappa shape index (κ1) is 13.4. The van der Waals surface area contributed by atoms with Crippen molar-refractivity contribution < 1.29 is 14.6 Å². The van der Waals surface area contributed by atoms with Crippen LogP contribution in [0.25, 0.3) is 0 Å². The molecule has 0 aliphatic carbocycles. The molecule has 1 fully saturated rings. The van der Waals surface area contributed by atoms with Crippen LogP contribution in [0, 0.1) is 0 Å². The van der Waals surface area contributed by atoms with E-state index in [0.29, 0.717) is 11.4 Å². The Bertz CT molecular complexity index is 403. The van der Waals surface area contributed by atoms with Gasteiger partial charge in [-0.15, -0.1) is 0 Å². The van der Waals surface area contributed by atoms with Gasteiger partial charge in [0, 0.05) is 6.04 Å². The molecule has 5 heteroatoms. The van der Waals surface area contributed by atoms with Crippen molar-refractivity contribution in [2.24, 2.45) is 0 Å². The molecule has 0 aromatic carbocycles. The first-order chi connectivity index (χ1) is 8.54. The van der Waals surface area contributed by atoms with E-state index in [0.717, 1.165) is 12.8 Å². The van der Waals surface area contributed by atoms with Crippen molar-refractivity contribution in [3.8, 4) is 5.75 Å². The number of rotatable bonds is 4. The fraction of sp³-hybridized carbons (Fsp3) is 0.769. The van der Waals surface area contributed by atoms with Crippen LogP contribution in [0.2, 0.25) is 0 Å². The second-order valence-electron chi connectivity index (χ2n) is 5.14. The van der Waals surface area contributed by atoms with Gasteiger partial charge in [-0.3, -0.25) is 4.68 Å². The van der Waals surface area contributed by atoms with Crippen molar-refractivity contribution in [3.63, 3.8) is 0 Å². The molecule has 1 aromatic rings. The van der Waals surface area contributed by atoms with Gasteiger partial charge in [-0.25, -0.2) is 0 Å². The van der Waals surface area contributed by atoms with Crippen molar-refractivity contribution in [2.75, 3.05) is 7.11 Å². The molecule has 0 spiro atoms. The Kier molecular flexibility index (Phi) is 3.92. The molecule has 18 heavy (non-hydrogen) atoms. The molecule has 1 aromatic heterocycles. The number of hydrogen-bond donors (Lipinski definition) is 1. The first-order valence-corrected chi connectivity index (χ1v) is 6.49. The summed E-state index contributed by atoms with van der Waals surface area (Å²) < 4.78 is 12.8. The van der Waals surface area contributed by atoms with Crippen LogP contribution in [0.3, 0.4) is 0 Å². The lowest BCUT2D eigenvalue weighted by molar-refractivity contribution is -0.0343. The Morgan fingerprint density at radius 2 is 2.22 bits per heavy atom. The molecule has 0 bridgehead atoms. The van der Waals surface area contributed by atoms with Gasteiger partial charge < -0.3 is 14.6 Å². The average molecular weight is 254 g/mol. The minimum absolute atomic E-state index is 0.164. The summed E-state index contributed by atoms with van der Waals surface area (Å²) >= 11 is 0. The van der Waals surface area contributed by atoms with Crippen LogP contribution < -0.4 is 4.74 Å². The minimum atomic E-state index is -0.685. The maximum Gasteiger partial charge on any atom is 0.162 e. The zero-order valence-corrected chi connectivity index (χ0v) is 11.5. The summed E-state index contributed by atoms with van der Waals surface area (Å²) in [5.41, 5.74) is 0.714. The van der Waals surface area contributed by atoms with Gasteiger partial charge in [0.2, 0.25) is 0 Å². The molecule has 102 valence electrons. The number of hydrogen-bond acceptors (Lipinski definition) is 4. The van der Waals surface area contributed by atoms with Gasteiger partial charge in [0.25, 0.3) is 0 Å². The van der Waals surface area contributed by atoms with Gasteiger partial charge in [0.05, 0.1) is 25.5 Å². The Hall–Kier alpha value is -1.07. The van der Waals surface area contributed by atoms with Crippen LogP contribution in [0.15, 0.2) is 6.20 Å². The lowest BCUT2D eigenvalue weighted by atomic mass is 10.1. The molecule has 3 unspecified atom stereocenters. The largest absolute Gasteiger partial charge is 0.493 e. The lowest BCUT2D eigenvalue weighted by Crippen LogP contribution is -2.23. The highest BCUT2D eigenvalue weighted by molar-refractivity contribution is 5.28. The summed E-state index contributed by atoms with van der Waals surface area (Å²) in [7, 11) is 1.59. The van der Waals surface area contributed by atoms with Crippen LogP contribution >= 0.6 is 0 Å². The molecule has 0 saturated carbocycles. The summed E-state index contributed by atoms with van der Waals surface area (Å²) in [5, 5.41) is 14.8. The first-order valence-electron chi connectivity index (χ1n) is 6.49. The summed E-state index contributed by atoms with van der Waals surface area (Å²) in [5.74, 6) is 0.624. The van der Waals surface area contributed by atoms with E-state index in [1.807, 2.05) is 20.8 Å². The van der Waals surface area contributed by atoms with Gasteiger partial charge in [0.1, 0.15) is 11.8 Å². The summed E-state index contributed by atoms with van der Waals surface area (Å²) in [4.78, 5) is 0. The molecule has 2 heterocycles. The number of aliphatic hydroxyl groups is 1. The van der Waals surface area contributed by atoms with E-state index in [4.69, 9.17) is 9.47 Å². The second-order valence-corrected chi connectivity index (χ2v) is 5.14. The van der Waals surface area contributed by atoms with Crippen LogP contribution in [-0.2, 0) is 4.74 Å². The molecule has 3 atom stereocenters. The van der Waals surface area contributed by atoms with E-state index < -0.39 is 6.10 Å². The van der Waals surface area contributed by atoms with Crippen molar-refractivity contribution in [3.05, 3.63) is 11.9 Å². The summed E-state index contributed by atoms with van der Waals surface area (Å²) in [6.07, 6.45) is 2.87. The maximum atomic E-state index is 10.5. The molecule has 0 radical (unpaired) electrons. The molecule has 2 rings (SSSR count). The Balaban J connectivity index is 2.27. The highest BCUT2D eigenvalue weighted by atomic mass is 16.5. The van der Waals surface area contributed by atoms with E-state index in [2.05, 4.69) is 5.10 Å². The molecular formula is C13H22N2O3. The van der Waals surface area contributed by atoms with E-state index in [9.17, 15) is 5.11 Å². The molecule has 0 amide bonds. The maximum absolute atomic E-state index is 10.5. The molecule has 1 N–H and O–H groups in total. The van der Waals surface area contributed by atoms with Crippen LogP contribution in [-0.4, -0.2) is 34.2 Å². The average Bonchev–Trinajstić information content (AvgIpc) is 2.93. The molecule has 5 nitrogen and oxygen atoms in total. The molecular weight excluding hydrogens is 232 g/mol. The van der Waals surface area contributed by atoms with Gasteiger partial charge >= 0.3 is 0 Å².